The highest BCUT2D eigenvalue weighted by Crippen LogP contribution is 2.31. The Morgan fingerprint density at radius 1 is 1.10 bits per heavy atom. The summed E-state index contributed by atoms with van der Waals surface area (Å²) in [6.45, 7) is 0.0140. The lowest BCUT2D eigenvalue weighted by Gasteiger charge is -2.13. The van der Waals surface area contributed by atoms with Crippen LogP contribution < -0.4 is 10.9 Å². The number of aromatic amines is 1. The highest BCUT2D eigenvalue weighted by Gasteiger charge is 2.34. The standard InChI is InChI=1S/C22H16FN3O4S/c23-14-7-5-13(6-8-14)11-18-21(29)26(22(30)31-18)10-9-24-20(28)16-12-19(27)25-17-4-2-1-3-15(16)17/h1-8,11-12H,9-10H2,(H,24,28)(H,25,27). The van der Waals surface area contributed by atoms with Crippen molar-refractivity contribution >= 4 is 45.8 Å². The van der Waals surface area contributed by atoms with Crippen LogP contribution in [-0.2, 0) is 4.79 Å². The average molecular weight is 437 g/mol. The fourth-order valence-corrected chi connectivity index (χ4v) is 4.04. The maximum absolute atomic E-state index is 13.0. The highest BCUT2D eigenvalue weighted by atomic mass is 32.2. The van der Waals surface area contributed by atoms with Crippen LogP contribution in [0.15, 0.2) is 64.3 Å². The summed E-state index contributed by atoms with van der Waals surface area (Å²) < 4.78 is 13.0. The third kappa shape index (κ3) is 4.41. The number of thioether (sulfide) groups is 1. The lowest BCUT2D eigenvalue weighted by atomic mass is 10.1. The highest BCUT2D eigenvalue weighted by molar-refractivity contribution is 8.18. The summed E-state index contributed by atoms with van der Waals surface area (Å²) in [5.74, 6) is -1.35. The van der Waals surface area contributed by atoms with Gasteiger partial charge in [0.1, 0.15) is 5.82 Å². The fourth-order valence-electron chi connectivity index (χ4n) is 3.17. The zero-order valence-corrected chi connectivity index (χ0v) is 16.9. The van der Waals surface area contributed by atoms with Gasteiger partial charge in [-0.3, -0.25) is 24.1 Å². The van der Waals surface area contributed by atoms with Gasteiger partial charge in [0.25, 0.3) is 17.1 Å². The van der Waals surface area contributed by atoms with Crippen LogP contribution >= 0.6 is 11.8 Å². The van der Waals surface area contributed by atoms with Gasteiger partial charge in [0.15, 0.2) is 0 Å². The summed E-state index contributed by atoms with van der Waals surface area (Å²) in [4.78, 5) is 53.1. The summed E-state index contributed by atoms with van der Waals surface area (Å²) in [6.07, 6.45) is 1.52. The third-order valence-corrected chi connectivity index (χ3v) is 5.56. The lowest BCUT2D eigenvalue weighted by Crippen LogP contribution is -2.37. The molecular weight excluding hydrogens is 421 g/mol. The van der Waals surface area contributed by atoms with Crippen molar-refractivity contribution in [3.05, 3.63) is 86.8 Å². The normalized spacial score (nSPS) is 15.1. The van der Waals surface area contributed by atoms with Gasteiger partial charge in [-0.15, -0.1) is 0 Å². The topological polar surface area (TPSA) is 99.3 Å². The number of hydrogen-bond acceptors (Lipinski definition) is 5. The second-order valence-electron chi connectivity index (χ2n) is 6.73. The van der Waals surface area contributed by atoms with E-state index in [1.165, 1.54) is 36.4 Å². The van der Waals surface area contributed by atoms with E-state index < -0.39 is 28.4 Å². The number of carbonyl (C=O) groups is 3. The minimum absolute atomic E-state index is 0.0156. The molecule has 1 fully saturated rings. The van der Waals surface area contributed by atoms with Crippen molar-refractivity contribution < 1.29 is 18.8 Å². The Balaban J connectivity index is 1.42. The van der Waals surface area contributed by atoms with Crippen LogP contribution in [0.4, 0.5) is 9.18 Å². The Hall–Kier alpha value is -3.72. The maximum Gasteiger partial charge on any atom is 0.293 e. The van der Waals surface area contributed by atoms with Gasteiger partial charge in [-0.05, 0) is 41.6 Å². The molecule has 0 aliphatic carbocycles. The second-order valence-corrected chi connectivity index (χ2v) is 7.73. The number of benzene rings is 2. The quantitative estimate of drug-likeness (QED) is 0.598. The summed E-state index contributed by atoms with van der Waals surface area (Å²) in [7, 11) is 0. The Kier molecular flexibility index (Phi) is 5.68. The third-order valence-electron chi connectivity index (χ3n) is 4.66. The first-order valence-electron chi connectivity index (χ1n) is 9.33. The van der Waals surface area contributed by atoms with Gasteiger partial charge in [0.05, 0.1) is 10.5 Å². The van der Waals surface area contributed by atoms with E-state index in [9.17, 15) is 23.6 Å². The molecule has 2 heterocycles. The molecule has 2 N–H and O–H groups in total. The molecule has 0 radical (unpaired) electrons. The van der Waals surface area contributed by atoms with E-state index in [1.54, 1.807) is 24.3 Å². The molecule has 3 aromatic rings. The van der Waals surface area contributed by atoms with Crippen molar-refractivity contribution in [3.63, 3.8) is 0 Å². The van der Waals surface area contributed by atoms with Gasteiger partial charge in [-0.2, -0.15) is 0 Å². The zero-order chi connectivity index (χ0) is 22.0. The molecule has 9 heteroatoms. The van der Waals surface area contributed by atoms with Crippen LogP contribution in [0.2, 0.25) is 0 Å². The largest absolute Gasteiger partial charge is 0.350 e. The number of para-hydroxylation sites is 1. The molecule has 7 nitrogen and oxygen atoms in total. The minimum atomic E-state index is -0.477. The number of imide groups is 1. The van der Waals surface area contributed by atoms with Crippen LogP contribution in [0, 0.1) is 5.82 Å². The Morgan fingerprint density at radius 2 is 1.84 bits per heavy atom. The fraction of sp³-hybridized carbons (Fsp3) is 0.0909. The Labute approximate surface area is 179 Å². The molecule has 1 saturated heterocycles. The minimum Gasteiger partial charge on any atom is -0.350 e. The summed E-state index contributed by atoms with van der Waals surface area (Å²) in [5, 5.41) is 2.79. The molecule has 0 unspecified atom stereocenters. The van der Waals surface area contributed by atoms with E-state index in [-0.39, 0.29) is 23.6 Å². The van der Waals surface area contributed by atoms with Crippen molar-refractivity contribution in [2.75, 3.05) is 13.1 Å². The molecule has 31 heavy (non-hydrogen) atoms. The lowest BCUT2D eigenvalue weighted by molar-refractivity contribution is -0.122. The molecule has 1 aromatic heterocycles. The SMILES string of the molecule is O=C(NCCN1C(=O)SC(=Cc2ccc(F)cc2)C1=O)c1cc(=O)[nH]c2ccccc12. The number of nitrogens with zero attached hydrogens (tertiary/aromatic N) is 1. The molecule has 0 saturated carbocycles. The molecule has 0 atom stereocenters. The van der Waals surface area contributed by atoms with E-state index in [1.807, 2.05) is 0 Å². The molecule has 2 aromatic carbocycles. The second kappa shape index (κ2) is 8.57. The van der Waals surface area contributed by atoms with Gasteiger partial charge in [0, 0.05) is 30.1 Å². The first-order valence-corrected chi connectivity index (χ1v) is 10.2. The monoisotopic (exact) mass is 437 g/mol. The predicted octanol–water partition coefficient (Wildman–Crippen LogP) is 3.13. The number of pyridine rings is 1. The number of rotatable bonds is 5. The number of H-pyrrole nitrogens is 1. The Bertz CT molecular complexity index is 1280. The van der Waals surface area contributed by atoms with Gasteiger partial charge >= 0.3 is 0 Å². The van der Waals surface area contributed by atoms with Crippen molar-refractivity contribution in [3.8, 4) is 0 Å². The predicted molar refractivity (Wildman–Crippen MR) is 116 cm³/mol. The van der Waals surface area contributed by atoms with Crippen molar-refractivity contribution in [2.45, 2.75) is 0 Å². The van der Waals surface area contributed by atoms with Crippen LogP contribution in [0.3, 0.4) is 0 Å². The van der Waals surface area contributed by atoms with Crippen molar-refractivity contribution in [1.82, 2.24) is 15.2 Å². The number of aromatic nitrogens is 1. The van der Waals surface area contributed by atoms with Gasteiger partial charge in [0.2, 0.25) is 5.56 Å². The number of hydrogen-bond donors (Lipinski definition) is 2. The van der Waals surface area contributed by atoms with E-state index in [2.05, 4.69) is 10.3 Å². The number of halogens is 1. The van der Waals surface area contributed by atoms with E-state index >= 15 is 0 Å². The number of amides is 3. The van der Waals surface area contributed by atoms with E-state index in [0.717, 1.165) is 16.7 Å². The molecule has 156 valence electrons. The zero-order valence-electron chi connectivity index (χ0n) is 16.1. The smallest absolute Gasteiger partial charge is 0.293 e. The number of nitrogens with one attached hydrogen (secondary N) is 2. The summed E-state index contributed by atoms with van der Waals surface area (Å²) in [6, 6.07) is 13.7. The van der Waals surface area contributed by atoms with E-state index in [0.29, 0.717) is 16.5 Å². The molecule has 0 spiro atoms. The average Bonchev–Trinajstić information content (AvgIpc) is 3.02. The maximum atomic E-state index is 13.0. The van der Waals surface area contributed by atoms with Crippen LogP contribution in [0.25, 0.3) is 17.0 Å². The number of carbonyl (C=O) groups excluding carboxylic acids is 3. The molecule has 3 amide bonds. The first kappa shape index (κ1) is 20.5. The summed E-state index contributed by atoms with van der Waals surface area (Å²) in [5.41, 5.74) is 0.948. The van der Waals surface area contributed by atoms with Gasteiger partial charge in [-0.25, -0.2) is 4.39 Å². The Morgan fingerprint density at radius 3 is 2.61 bits per heavy atom. The summed E-state index contributed by atoms with van der Waals surface area (Å²) >= 11 is 0.786. The van der Waals surface area contributed by atoms with Crippen molar-refractivity contribution in [1.29, 1.82) is 0 Å². The molecule has 0 bridgehead atoms. The first-order chi connectivity index (χ1) is 14.9. The number of fused-ring (bicyclic) bond motifs is 1. The van der Waals surface area contributed by atoms with Crippen LogP contribution in [0.5, 0.6) is 0 Å². The van der Waals surface area contributed by atoms with Gasteiger partial charge in [-0.1, -0.05) is 30.3 Å². The molecule has 4 rings (SSSR count). The van der Waals surface area contributed by atoms with Crippen LogP contribution in [-0.4, -0.2) is 40.0 Å². The van der Waals surface area contributed by atoms with Gasteiger partial charge < -0.3 is 10.3 Å². The molecular formula is C22H16FN3O4S. The van der Waals surface area contributed by atoms with Crippen molar-refractivity contribution in [2.24, 2.45) is 0 Å². The van der Waals surface area contributed by atoms with Crippen LogP contribution in [0.1, 0.15) is 15.9 Å². The molecule has 1 aliphatic rings. The van der Waals surface area contributed by atoms with E-state index in [4.69, 9.17) is 0 Å². The molecule has 1 aliphatic heterocycles.